The molecule has 0 amide bonds. The van der Waals surface area contributed by atoms with E-state index in [-0.39, 0.29) is 6.04 Å². The number of nitrogens with zero attached hydrogens (tertiary/aromatic N) is 1. The van der Waals surface area contributed by atoms with Crippen LogP contribution in [-0.4, -0.2) is 12.6 Å². The lowest BCUT2D eigenvalue weighted by molar-refractivity contribution is 0.435. The lowest BCUT2D eigenvalue weighted by Gasteiger charge is -2.37. The highest BCUT2D eigenvalue weighted by atomic mass is 15.2. The zero-order chi connectivity index (χ0) is 13.7. The second-order valence-corrected chi connectivity index (χ2v) is 5.74. The second kappa shape index (κ2) is 6.95. The van der Waals surface area contributed by atoms with Gasteiger partial charge in [-0.1, -0.05) is 32.4 Å². The number of hydrogen-bond acceptors (Lipinski definition) is 2. The zero-order valence-electron chi connectivity index (χ0n) is 12.4. The Labute approximate surface area is 118 Å². The topological polar surface area (TPSA) is 29.3 Å². The Morgan fingerprint density at radius 2 is 1.95 bits per heavy atom. The first-order chi connectivity index (χ1) is 9.26. The summed E-state index contributed by atoms with van der Waals surface area (Å²) in [5, 5.41) is 0. The minimum absolute atomic E-state index is 0.182. The maximum Gasteiger partial charge on any atom is 0.0368 e. The van der Waals surface area contributed by atoms with Gasteiger partial charge < -0.3 is 10.6 Å². The Balaban J connectivity index is 2.11. The molecule has 0 aliphatic carbocycles. The average Bonchev–Trinajstić information content (AvgIpc) is 2.47. The van der Waals surface area contributed by atoms with Crippen molar-refractivity contribution in [3.05, 3.63) is 29.8 Å². The van der Waals surface area contributed by atoms with Crippen LogP contribution in [0, 0.1) is 0 Å². The summed E-state index contributed by atoms with van der Waals surface area (Å²) in [6.07, 6.45) is 7.66. The van der Waals surface area contributed by atoms with Crippen molar-refractivity contribution in [2.75, 3.05) is 11.4 Å². The first-order valence-electron chi connectivity index (χ1n) is 7.88. The van der Waals surface area contributed by atoms with Crippen LogP contribution in [0.3, 0.4) is 0 Å². The molecular formula is C17H28N2. The first kappa shape index (κ1) is 14.4. The van der Waals surface area contributed by atoms with Crippen LogP contribution in [0.5, 0.6) is 0 Å². The van der Waals surface area contributed by atoms with Gasteiger partial charge in [0.1, 0.15) is 0 Å². The highest BCUT2D eigenvalue weighted by Crippen LogP contribution is 2.28. The van der Waals surface area contributed by atoms with Crippen LogP contribution < -0.4 is 10.6 Å². The third-order valence-electron chi connectivity index (χ3n) is 4.34. The summed E-state index contributed by atoms with van der Waals surface area (Å²) in [7, 11) is 0. The predicted molar refractivity (Wildman–Crippen MR) is 83.6 cm³/mol. The molecule has 1 fully saturated rings. The van der Waals surface area contributed by atoms with E-state index in [0.717, 1.165) is 12.5 Å². The quantitative estimate of drug-likeness (QED) is 0.857. The number of nitrogens with two attached hydrogens (primary N) is 1. The van der Waals surface area contributed by atoms with Crippen molar-refractivity contribution in [3.8, 4) is 0 Å². The predicted octanol–water partition coefficient (Wildman–Crippen LogP) is 4.26. The van der Waals surface area contributed by atoms with Crippen LogP contribution in [0.25, 0.3) is 0 Å². The Bertz CT molecular complexity index is 369. The molecule has 2 heteroatoms. The summed E-state index contributed by atoms with van der Waals surface area (Å²) < 4.78 is 0. The second-order valence-electron chi connectivity index (χ2n) is 5.74. The van der Waals surface area contributed by atoms with Gasteiger partial charge >= 0.3 is 0 Å². The molecule has 0 aromatic heterocycles. The number of rotatable bonds is 5. The van der Waals surface area contributed by atoms with Crippen molar-refractivity contribution < 1.29 is 0 Å². The maximum absolute atomic E-state index is 6.08. The molecule has 1 unspecified atom stereocenters. The van der Waals surface area contributed by atoms with Gasteiger partial charge in [0.2, 0.25) is 0 Å². The van der Waals surface area contributed by atoms with Crippen LogP contribution in [0.2, 0.25) is 0 Å². The standard InChI is InChI=1S/C17H28N2/c1-3-7-15-8-5-6-13-19(15)16-11-9-14(10-12-16)17(18)4-2/h9-12,15,17H,3-8,13,18H2,1-2H3/t15?,17-/m0/s1. The van der Waals surface area contributed by atoms with Gasteiger partial charge in [-0.15, -0.1) is 0 Å². The van der Waals surface area contributed by atoms with Crippen molar-refractivity contribution in [2.45, 2.75) is 64.5 Å². The normalized spacial score (nSPS) is 21.4. The molecule has 2 nitrogen and oxygen atoms in total. The Hall–Kier alpha value is -1.02. The molecule has 106 valence electrons. The fraction of sp³-hybridized carbons (Fsp3) is 0.647. The van der Waals surface area contributed by atoms with E-state index in [2.05, 4.69) is 43.0 Å². The molecule has 2 atom stereocenters. The highest BCUT2D eigenvalue weighted by molar-refractivity contribution is 5.49. The van der Waals surface area contributed by atoms with E-state index >= 15 is 0 Å². The molecule has 1 heterocycles. The summed E-state index contributed by atoms with van der Waals surface area (Å²) in [5.41, 5.74) is 8.72. The minimum atomic E-state index is 0.182. The summed E-state index contributed by atoms with van der Waals surface area (Å²) in [5.74, 6) is 0. The minimum Gasteiger partial charge on any atom is -0.369 e. The molecule has 1 aromatic carbocycles. The molecule has 2 rings (SSSR count). The molecule has 19 heavy (non-hydrogen) atoms. The Kier molecular flexibility index (Phi) is 5.26. The van der Waals surface area contributed by atoms with Gasteiger partial charge in [-0.3, -0.25) is 0 Å². The number of hydrogen-bond donors (Lipinski definition) is 1. The van der Waals surface area contributed by atoms with E-state index in [1.165, 1.54) is 49.9 Å². The molecular weight excluding hydrogens is 232 g/mol. The van der Waals surface area contributed by atoms with Crippen molar-refractivity contribution in [1.82, 2.24) is 0 Å². The fourth-order valence-corrected chi connectivity index (χ4v) is 3.12. The fourth-order valence-electron chi connectivity index (χ4n) is 3.12. The summed E-state index contributed by atoms with van der Waals surface area (Å²) in [4.78, 5) is 2.61. The van der Waals surface area contributed by atoms with Crippen molar-refractivity contribution >= 4 is 5.69 Å². The molecule has 0 saturated carbocycles. The van der Waals surface area contributed by atoms with Crippen LogP contribution >= 0.6 is 0 Å². The zero-order valence-corrected chi connectivity index (χ0v) is 12.4. The van der Waals surface area contributed by atoms with E-state index in [9.17, 15) is 0 Å². The van der Waals surface area contributed by atoms with Gasteiger partial charge in [-0.25, -0.2) is 0 Å². The number of anilines is 1. The van der Waals surface area contributed by atoms with Crippen molar-refractivity contribution in [3.63, 3.8) is 0 Å². The van der Waals surface area contributed by atoms with Gasteiger partial charge in [-0.05, 0) is 49.8 Å². The summed E-state index contributed by atoms with van der Waals surface area (Å²) in [6, 6.07) is 9.87. The van der Waals surface area contributed by atoms with Crippen LogP contribution in [0.15, 0.2) is 24.3 Å². The van der Waals surface area contributed by atoms with E-state index in [0.29, 0.717) is 0 Å². The lowest BCUT2D eigenvalue weighted by Crippen LogP contribution is -2.39. The smallest absolute Gasteiger partial charge is 0.0368 e. The summed E-state index contributed by atoms with van der Waals surface area (Å²) >= 11 is 0. The highest BCUT2D eigenvalue weighted by Gasteiger charge is 2.21. The molecule has 0 spiro atoms. The van der Waals surface area contributed by atoms with Gasteiger partial charge in [0, 0.05) is 24.3 Å². The Morgan fingerprint density at radius 3 is 2.58 bits per heavy atom. The monoisotopic (exact) mass is 260 g/mol. The van der Waals surface area contributed by atoms with Crippen molar-refractivity contribution in [2.24, 2.45) is 5.73 Å². The average molecular weight is 260 g/mol. The molecule has 0 radical (unpaired) electrons. The molecule has 1 aliphatic heterocycles. The lowest BCUT2D eigenvalue weighted by atomic mass is 9.97. The van der Waals surface area contributed by atoms with E-state index in [1.54, 1.807) is 0 Å². The largest absolute Gasteiger partial charge is 0.369 e. The molecule has 1 aliphatic rings. The molecule has 0 bridgehead atoms. The molecule has 2 N–H and O–H groups in total. The first-order valence-corrected chi connectivity index (χ1v) is 7.88. The summed E-state index contributed by atoms with van der Waals surface area (Å²) in [6.45, 7) is 5.64. The SMILES string of the molecule is CCCC1CCCCN1c1ccc([C@@H](N)CC)cc1. The molecule has 1 saturated heterocycles. The number of piperidine rings is 1. The van der Waals surface area contributed by atoms with Crippen LogP contribution in [-0.2, 0) is 0 Å². The van der Waals surface area contributed by atoms with E-state index in [4.69, 9.17) is 5.73 Å². The molecule has 1 aromatic rings. The van der Waals surface area contributed by atoms with Gasteiger partial charge in [-0.2, -0.15) is 0 Å². The number of benzene rings is 1. The maximum atomic E-state index is 6.08. The van der Waals surface area contributed by atoms with Crippen LogP contribution in [0.1, 0.15) is 64.0 Å². The Morgan fingerprint density at radius 1 is 1.21 bits per heavy atom. The van der Waals surface area contributed by atoms with Gasteiger partial charge in [0.15, 0.2) is 0 Å². The van der Waals surface area contributed by atoms with Crippen molar-refractivity contribution in [1.29, 1.82) is 0 Å². The van der Waals surface area contributed by atoms with E-state index in [1.807, 2.05) is 0 Å². The van der Waals surface area contributed by atoms with E-state index < -0.39 is 0 Å². The van der Waals surface area contributed by atoms with Gasteiger partial charge in [0.25, 0.3) is 0 Å². The van der Waals surface area contributed by atoms with Gasteiger partial charge in [0.05, 0.1) is 0 Å². The van der Waals surface area contributed by atoms with Crippen LogP contribution in [0.4, 0.5) is 5.69 Å². The third kappa shape index (κ3) is 3.50. The third-order valence-corrected chi connectivity index (χ3v) is 4.34.